The minimum Gasteiger partial charge on any atom is -0.403 e. The predicted molar refractivity (Wildman–Crippen MR) is 97.4 cm³/mol. The molecule has 2 heterocycles. The molecule has 0 unspecified atom stereocenters. The fourth-order valence-electron chi connectivity index (χ4n) is 2.49. The highest BCUT2D eigenvalue weighted by Gasteiger charge is 2.13. The monoisotopic (exact) mass is 342 g/mol. The molecule has 26 heavy (non-hydrogen) atoms. The van der Waals surface area contributed by atoms with Gasteiger partial charge >= 0.3 is 6.01 Å². The van der Waals surface area contributed by atoms with Crippen LogP contribution in [0.5, 0.6) is 0 Å². The van der Waals surface area contributed by atoms with Crippen molar-refractivity contribution < 1.29 is 9.21 Å². The quantitative estimate of drug-likeness (QED) is 0.605. The van der Waals surface area contributed by atoms with Crippen molar-refractivity contribution in [2.75, 3.05) is 5.32 Å². The van der Waals surface area contributed by atoms with Crippen molar-refractivity contribution in [2.45, 2.75) is 0 Å². The molecule has 1 amide bonds. The SMILES string of the molecule is O=C(Nc1nnc(-c2cccnc2)o1)c1ccc(-c2ccccc2)cc1. The molecule has 0 aliphatic heterocycles. The van der Waals surface area contributed by atoms with Crippen LogP contribution in [-0.2, 0) is 0 Å². The average Bonchev–Trinajstić information content (AvgIpc) is 3.18. The predicted octanol–water partition coefficient (Wildman–Crippen LogP) is 4.05. The maximum atomic E-state index is 12.4. The van der Waals surface area contributed by atoms with Crippen LogP contribution < -0.4 is 5.32 Å². The first-order chi connectivity index (χ1) is 12.8. The smallest absolute Gasteiger partial charge is 0.322 e. The lowest BCUT2D eigenvalue weighted by Gasteiger charge is -2.04. The Balaban J connectivity index is 1.48. The van der Waals surface area contributed by atoms with E-state index in [1.807, 2.05) is 42.5 Å². The Labute approximate surface area is 149 Å². The Morgan fingerprint density at radius 2 is 1.54 bits per heavy atom. The van der Waals surface area contributed by atoms with Crippen molar-refractivity contribution in [1.82, 2.24) is 15.2 Å². The van der Waals surface area contributed by atoms with Crippen LogP contribution in [0.25, 0.3) is 22.6 Å². The lowest BCUT2D eigenvalue weighted by atomic mass is 10.0. The van der Waals surface area contributed by atoms with Crippen LogP contribution in [0.4, 0.5) is 6.01 Å². The van der Waals surface area contributed by atoms with Gasteiger partial charge in [0.25, 0.3) is 11.8 Å². The lowest BCUT2D eigenvalue weighted by molar-refractivity contribution is 0.102. The van der Waals surface area contributed by atoms with E-state index in [0.717, 1.165) is 11.1 Å². The molecule has 6 nitrogen and oxygen atoms in total. The highest BCUT2D eigenvalue weighted by Crippen LogP contribution is 2.21. The number of pyridine rings is 1. The van der Waals surface area contributed by atoms with Crippen LogP contribution in [0.15, 0.2) is 83.5 Å². The fraction of sp³-hybridized carbons (Fsp3) is 0. The van der Waals surface area contributed by atoms with E-state index in [0.29, 0.717) is 17.0 Å². The van der Waals surface area contributed by atoms with Gasteiger partial charge in [-0.25, -0.2) is 0 Å². The summed E-state index contributed by atoms with van der Waals surface area (Å²) < 4.78 is 5.46. The maximum Gasteiger partial charge on any atom is 0.322 e. The van der Waals surface area contributed by atoms with E-state index in [9.17, 15) is 4.79 Å². The van der Waals surface area contributed by atoms with Gasteiger partial charge in [0.1, 0.15) is 0 Å². The number of hydrogen-bond acceptors (Lipinski definition) is 5. The summed E-state index contributed by atoms with van der Waals surface area (Å²) in [6.07, 6.45) is 3.27. The molecule has 0 atom stereocenters. The second kappa shape index (κ2) is 6.98. The lowest BCUT2D eigenvalue weighted by Crippen LogP contribution is -2.11. The van der Waals surface area contributed by atoms with E-state index in [-0.39, 0.29) is 11.9 Å². The fourth-order valence-corrected chi connectivity index (χ4v) is 2.49. The first-order valence-corrected chi connectivity index (χ1v) is 8.00. The van der Waals surface area contributed by atoms with Crippen molar-refractivity contribution in [3.05, 3.63) is 84.7 Å². The minimum atomic E-state index is -0.314. The Hall–Kier alpha value is -3.80. The Morgan fingerprint density at radius 3 is 2.27 bits per heavy atom. The molecule has 0 radical (unpaired) electrons. The van der Waals surface area contributed by atoms with E-state index >= 15 is 0 Å². The zero-order valence-electron chi connectivity index (χ0n) is 13.7. The van der Waals surface area contributed by atoms with Gasteiger partial charge in [0.15, 0.2) is 0 Å². The van der Waals surface area contributed by atoms with E-state index in [1.165, 1.54) is 0 Å². The van der Waals surface area contributed by atoms with E-state index < -0.39 is 0 Å². The normalized spacial score (nSPS) is 10.5. The second-order valence-electron chi connectivity index (χ2n) is 5.55. The third kappa shape index (κ3) is 3.34. The molecule has 0 saturated carbocycles. The standard InChI is InChI=1S/C20H14N4O2/c25-18(16-10-8-15(9-11-16)14-5-2-1-3-6-14)22-20-24-23-19(26-20)17-7-4-12-21-13-17/h1-13H,(H,22,24,25). The Kier molecular flexibility index (Phi) is 4.22. The summed E-state index contributed by atoms with van der Waals surface area (Å²) in [5.41, 5.74) is 3.33. The summed E-state index contributed by atoms with van der Waals surface area (Å²) in [4.78, 5) is 16.4. The number of benzene rings is 2. The molecule has 1 N–H and O–H groups in total. The van der Waals surface area contributed by atoms with Crippen LogP contribution >= 0.6 is 0 Å². The maximum absolute atomic E-state index is 12.4. The van der Waals surface area contributed by atoms with Crippen LogP contribution in [0, 0.1) is 0 Å². The van der Waals surface area contributed by atoms with Crippen molar-refractivity contribution in [3.8, 4) is 22.6 Å². The van der Waals surface area contributed by atoms with E-state index in [4.69, 9.17) is 4.42 Å². The van der Waals surface area contributed by atoms with Crippen molar-refractivity contribution in [2.24, 2.45) is 0 Å². The van der Waals surface area contributed by atoms with Crippen LogP contribution in [0.1, 0.15) is 10.4 Å². The first-order valence-electron chi connectivity index (χ1n) is 8.00. The zero-order valence-corrected chi connectivity index (χ0v) is 13.7. The van der Waals surface area contributed by atoms with E-state index in [2.05, 4.69) is 20.5 Å². The van der Waals surface area contributed by atoms with Crippen molar-refractivity contribution >= 4 is 11.9 Å². The number of carbonyl (C=O) groups excluding carboxylic acids is 1. The average molecular weight is 342 g/mol. The number of hydrogen-bond donors (Lipinski definition) is 1. The van der Waals surface area contributed by atoms with Gasteiger partial charge in [-0.2, -0.15) is 0 Å². The summed E-state index contributed by atoms with van der Waals surface area (Å²) >= 11 is 0. The van der Waals surface area contributed by atoms with Gasteiger partial charge < -0.3 is 4.42 Å². The van der Waals surface area contributed by atoms with Crippen LogP contribution in [-0.4, -0.2) is 21.1 Å². The molecule has 0 fully saturated rings. The zero-order chi connectivity index (χ0) is 17.8. The van der Waals surface area contributed by atoms with Gasteiger partial charge in [-0.1, -0.05) is 47.6 Å². The number of carbonyl (C=O) groups is 1. The molecule has 4 aromatic rings. The Morgan fingerprint density at radius 1 is 0.808 bits per heavy atom. The van der Waals surface area contributed by atoms with Gasteiger partial charge in [0.2, 0.25) is 0 Å². The molecule has 2 aromatic heterocycles. The van der Waals surface area contributed by atoms with Gasteiger partial charge in [0, 0.05) is 18.0 Å². The Bertz CT molecular complexity index is 1010. The number of amides is 1. The summed E-state index contributed by atoms with van der Waals surface area (Å²) in [7, 11) is 0. The van der Waals surface area contributed by atoms with Crippen LogP contribution in [0.2, 0.25) is 0 Å². The highest BCUT2D eigenvalue weighted by molar-refractivity contribution is 6.03. The number of anilines is 1. The topological polar surface area (TPSA) is 80.9 Å². The molecule has 0 spiro atoms. The third-order valence-electron chi connectivity index (χ3n) is 3.81. The molecular formula is C20H14N4O2. The van der Waals surface area contributed by atoms with Crippen LogP contribution in [0.3, 0.4) is 0 Å². The highest BCUT2D eigenvalue weighted by atomic mass is 16.4. The number of aromatic nitrogens is 3. The van der Waals surface area contributed by atoms with Crippen molar-refractivity contribution in [3.63, 3.8) is 0 Å². The molecular weight excluding hydrogens is 328 g/mol. The molecule has 0 aliphatic rings. The molecule has 6 heteroatoms. The summed E-state index contributed by atoms with van der Waals surface area (Å²) in [5.74, 6) is -0.0150. The summed E-state index contributed by atoms with van der Waals surface area (Å²) in [6, 6.07) is 20.9. The third-order valence-corrected chi connectivity index (χ3v) is 3.81. The number of nitrogens with one attached hydrogen (secondary N) is 1. The first kappa shape index (κ1) is 15.7. The van der Waals surface area contributed by atoms with Gasteiger partial charge in [0.05, 0.1) is 5.56 Å². The van der Waals surface area contributed by atoms with Gasteiger partial charge in [-0.05, 0) is 35.4 Å². The number of rotatable bonds is 4. The van der Waals surface area contributed by atoms with Crippen molar-refractivity contribution in [1.29, 1.82) is 0 Å². The largest absolute Gasteiger partial charge is 0.403 e. The van der Waals surface area contributed by atoms with Gasteiger partial charge in [-0.3, -0.25) is 15.1 Å². The summed E-state index contributed by atoms with van der Waals surface area (Å²) in [5, 5.41) is 10.4. The minimum absolute atomic E-state index is 0.0426. The molecule has 4 rings (SSSR count). The number of nitrogens with zero attached hydrogens (tertiary/aromatic N) is 3. The molecule has 0 aliphatic carbocycles. The molecule has 0 bridgehead atoms. The molecule has 0 saturated heterocycles. The summed E-state index contributed by atoms with van der Waals surface area (Å²) in [6.45, 7) is 0. The molecule has 126 valence electrons. The second-order valence-corrected chi connectivity index (χ2v) is 5.55. The molecule has 2 aromatic carbocycles. The van der Waals surface area contributed by atoms with Gasteiger partial charge in [-0.15, -0.1) is 5.10 Å². The van der Waals surface area contributed by atoms with E-state index in [1.54, 1.807) is 36.7 Å².